The van der Waals surface area contributed by atoms with Crippen LogP contribution in [0.1, 0.15) is 5.56 Å². The molecule has 1 saturated heterocycles. The van der Waals surface area contributed by atoms with E-state index in [-0.39, 0.29) is 0 Å². The minimum Gasteiger partial charge on any atom is -0.371 e. The Balaban J connectivity index is 1.70. The van der Waals surface area contributed by atoms with Gasteiger partial charge in [0.15, 0.2) is 0 Å². The van der Waals surface area contributed by atoms with Gasteiger partial charge in [0.05, 0.1) is 13.2 Å². The van der Waals surface area contributed by atoms with E-state index in [1.54, 1.807) is 0 Å². The van der Waals surface area contributed by atoms with Gasteiger partial charge in [0.1, 0.15) is 12.7 Å². The van der Waals surface area contributed by atoms with Gasteiger partial charge in [-0.3, -0.25) is 0 Å². The molecule has 0 radical (unpaired) electrons. The predicted molar refractivity (Wildman–Crippen MR) is 53.9 cm³/mol. The van der Waals surface area contributed by atoms with Gasteiger partial charge in [-0.05, 0) is 12.1 Å². The van der Waals surface area contributed by atoms with Crippen molar-refractivity contribution in [1.82, 2.24) is 0 Å². The third kappa shape index (κ3) is 3.21. The molecule has 2 heteroatoms. The Morgan fingerprint density at radius 1 is 1.36 bits per heavy atom. The van der Waals surface area contributed by atoms with Crippen molar-refractivity contribution in [3.63, 3.8) is 0 Å². The SMILES string of the molecule is C(#Cc1ccccc1)COC[C@H]1CO1. The maximum absolute atomic E-state index is 5.28. The van der Waals surface area contributed by atoms with Crippen LogP contribution in [0.2, 0.25) is 0 Å². The lowest BCUT2D eigenvalue weighted by molar-refractivity contribution is 0.145. The van der Waals surface area contributed by atoms with Crippen LogP contribution < -0.4 is 0 Å². The summed E-state index contributed by atoms with van der Waals surface area (Å²) < 4.78 is 10.3. The first-order valence-electron chi connectivity index (χ1n) is 4.68. The molecule has 14 heavy (non-hydrogen) atoms. The molecule has 1 aliphatic rings. The van der Waals surface area contributed by atoms with Crippen LogP contribution in [0.3, 0.4) is 0 Å². The van der Waals surface area contributed by atoms with E-state index in [0.29, 0.717) is 19.3 Å². The zero-order valence-corrected chi connectivity index (χ0v) is 7.90. The highest BCUT2D eigenvalue weighted by molar-refractivity contribution is 5.33. The smallest absolute Gasteiger partial charge is 0.108 e. The molecule has 0 amide bonds. The van der Waals surface area contributed by atoms with E-state index < -0.39 is 0 Å². The van der Waals surface area contributed by atoms with Gasteiger partial charge in [-0.15, -0.1) is 0 Å². The third-order valence-electron chi connectivity index (χ3n) is 1.89. The fraction of sp³-hybridized carbons (Fsp3) is 0.333. The van der Waals surface area contributed by atoms with Crippen molar-refractivity contribution in [3.05, 3.63) is 35.9 Å². The van der Waals surface area contributed by atoms with Gasteiger partial charge in [-0.1, -0.05) is 30.0 Å². The fourth-order valence-corrected chi connectivity index (χ4v) is 1.07. The summed E-state index contributed by atoms with van der Waals surface area (Å²) in [5, 5.41) is 0. The second-order valence-electron chi connectivity index (χ2n) is 3.14. The summed E-state index contributed by atoms with van der Waals surface area (Å²) in [5.41, 5.74) is 1.03. The number of rotatable bonds is 3. The zero-order valence-electron chi connectivity index (χ0n) is 7.90. The largest absolute Gasteiger partial charge is 0.371 e. The van der Waals surface area contributed by atoms with Gasteiger partial charge in [0.2, 0.25) is 0 Å². The predicted octanol–water partition coefficient (Wildman–Crippen LogP) is 1.45. The molecule has 1 aliphatic heterocycles. The molecule has 0 bridgehead atoms. The molecular formula is C12H12O2. The normalized spacial score (nSPS) is 18.4. The quantitative estimate of drug-likeness (QED) is 0.407. The van der Waals surface area contributed by atoms with Crippen molar-refractivity contribution in [1.29, 1.82) is 0 Å². The summed E-state index contributed by atoms with van der Waals surface area (Å²) in [4.78, 5) is 0. The highest BCUT2D eigenvalue weighted by Crippen LogP contribution is 2.07. The first-order valence-corrected chi connectivity index (χ1v) is 4.68. The second-order valence-corrected chi connectivity index (χ2v) is 3.14. The van der Waals surface area contributed by atoms with E-state index in [9.17, 15) is 0 Å². The van der Waals surface area contributed by atoms with E-state index in [2.05, 4.69) is 11.8 Å². The van der Waals surface area contributed by atoms with Crippen LogP contribution in [0, 0.1) is 11.8 Å². The lowest BCUT2D eigenvalue weighted by Gasteiger charge is -1.93. The number of ether oxygens (including phenoxy) is 2. The monoisotopic (exact) mass is 188 g/mol. The van der Waals surface area contributed by atoms with Gasteiger partial charge in [-0.25, -0.2) is 0 Å². The molecule has 0 N–H and O–H groups in total. The van der Waals surface area contributed by atoms with Crippen LogP contribution in [-0.2, 0) is 9.47 Å². The summed E-state index contributed by atoms with van der Waals surface area (Å²) in [6, 6.07) is 9.89. The van der Waals surface area contributed by atoms with Gasteiger partial charge >= 0.3 is 0 Å². The third-order valence-corrected chi connectivity index (χ3v) is 1.89. The van der Waals surface area contributed by atoms with E-state index in [0.717, 1.165) is 12.2 Å². The molecular weight excluding hydrogens is 176 g/mol. The Kier molecular flexibility index (Phi) is 3.18. The lowest BCUT2D eigenvalue weighted by Crippen LogP contribution is -2.00. The highest BCUT2D eigenvalue weighted by Gasteiger charge is 2.21. The molecule has 2 rings (SSSR count). The van der Waals surface area contributed by atoms with E-state index in [1.807, 2.05) is 30.3 Å². The van der Waals surface area contributed by atoms with Crippen molar-refractivity contribution in [2.24, 2.45) is 0 Å². The van der Waals surface area contributed by atoms with Crippen LogP contribution in [-0.4, -0.2) is 25.9 Å². The summed E-state index contributed by atoms with van der Waals surface area (Å²) in [5.74, 6) is 5.98. The van der Waals surface area contributed by atoms with Crippen molar-refractivity contribution < 1.29 is 9.47 Å². The molecule has 1 aromatic rings. The van der Waals surface area contributed by atoms with Crippen LogP contribution in [0.25, 0.3) is 0 Å². The number of epoxide rings is 1. The highest BCUT2D eigenvalue weighted by atomic mass is 16.6. The lowest BCUT2D eigenvalue weighted by atomic mass is 10.2. The topological polar surface area (TPSA) is 21.8 Å². The number of benzene rings is 1. The van der Waals surface area contributed by atoms with Crippen molar-refractivity contribution >= 4 is 0 Å². The molecule has 0 saturated carbocycles. The average molecular weight is 188 g/mol. The van der Waals surface area contributed by atoms with Crippen molar-refractivity contribution in [2.75, 3.05) is 19.8 Å². The summed E-state index contributed by atoms with van der Waals surface area (Å²) in [6.45, 7) is 1.99. The molecule has 0 aromatic heterocycles. The van der Waals surface area contributed by atoms with E-state index in [4.69, 9.17) is 9.47 Å². The van der Waals surface area contributed by atoms with Gasteiger partial charge in [0, 0.05) is 5.56 Å². The van der Waals surface area contributed by atoms with Crippen LogP contribution >= 0.6 is 0 Å². The second kappa shape index (κ2) is 4.80. The molecule has 2 nitrogen and oxygen atoms in total. The summed E-state index contributed by atoms with van der Waals surface area (Å²) >= 11 is 0. The Morgan fingerprint density at radius 2 is 2.14 bits per heavy atom. The molecule has 1 aromatic carbocycles. The minimum absolute atomic E-state index is 0.327. The molecule has 0 spiro atoms. The van der Waals surface area contributed by atoms with Crippen LogP contribution in [0.15, 0.2) is 30.3 Å². The minimum atomic E-state index is 0.327. The summed E-state index contributed by atoms with van der Waals surface area (Å²) in [6.07, 6.45) is 0.327. The van der Waals surface area contributed by atoms with Crippen LogP contribution in [0.5, 0.6) is 0 Å². The average Bonchev–Trinajstić information content (AvgIpc) is 3.03. The van der Waals surface area contributed by atoms with Crippen molar-refractivity contribution in [2.45, 2.75) is 6.10 Å². The first-order chi connectivity index (χ1) is 6.95. The molecule has 0 unspecified atom stereocenters. The Hall–Kier alpha value is -1.30. The maximum Gasteiger partial charge on any atom is 0.108 e. The van der Waals surface area contributed by atoms with Gasteiger partial charge in [0.25, 0.3) is 0 Å². The van der Waals surface area contributed by atoms with E-state index >= 15 is 0 Å². The van der Waals surface area contributed by atoms with Gasteiger partial charge < -0.3 is 9.47 Å². The Labute approximate surface area is 83.8 Å². The standard InChI is InChI=1S/C12H12O2/c1-2-5-11(6-3-1)7-4-8-13-9-12-10-14-12/h1-3,5-6,12H,8-10H2/t12-/m0/s1. The fourth-order valence-electron chi connectivity index (χ4n) is 1.07. The summed E-state index contributed by atoms with van der Waals surface area (Å²) in [7, 11) is 0. The molecule has 1 heterocycles. The maximum atomic E-state index is 5.28. The Bertz CT molecular complexity index is 330. The van der Waals surface area contributed by atoms with Crippen molar-refractivity contribution in [3.8, 4) is 11.8 Å². The molecule has 72 valence electrons. The van der Waals surface area contributed by atoms with E-state index in [1.165, 1.54) is 0 Å². The first kappa shape index (κ1) is 9.26. The van der Waals surface area contributed by atoms with Crippen LogP contribution in [0.4, 0.5) is 0 Å². The molecule has 1 fully saturated rings. The molecule has 0 aliphatic carbocycles. The molecule has 1 atom stereocenters. The van der Waals surface area contributed by atoms with Gasteiger partial charge in [-0.2, -0.15) is 0 Å². The Morgan fingerprint density at radius 3 is 2.86 bits per heavy atom. The zero-order chi connectivity index (χ0) is 9.64. The number of hydrogen-bond acceptors (Lipinski definition) is 2. The number of hydrogen-bond donors (Lipinski definition) is 0.